The van der Waals surface area contributed by atoms with Crippen LogP contribution in [0.4, 0.5) is 10.1 Å². The predicted octanol–water partition coefficient (Wildman–Crippen LogP) is 5.78. The monoisotopic (exact) mass is 573 g/mol. The number of carbonyl (C=O) groups excluding carboxylic acids is 2. The first-order chi connectivity index (χ1) is 17.3. The van der Waals surface area contributed by atoms with Crippen LogP contribution in [0.25, 0.3) is 11.0 Å². The Kier molecular flexibility index (Phi) is 7.87. The van der Waals surface area contributed by atoms with Crippen molar-refractivity contribution < 1.29 is 27.9 Å². The number of carbonyl (C=O) groups is 2. The highest BCUT2D eigenvalue weighted by Gasteiger charge is 2.15. The van der Waals surface area contributed by atoms with Crippen LogP contribution in [0.3, 0.4) is 0 Å². The normalized spacial score (nSPS) is 11.0. The molecule has 4 rings (SSSR count). The van der Waals surface area contributed by atoms with Crippen LogP contribution in [0, 0.1) is 5.82 Å². The minimum absolute atomic E-state index is 0.110. The van der Waals surface area contributed by atoms with Crippen molar-refractivity contribution in [3.05, 3.63) is 87.3 Å². The van der Waals surface area contributed by atoms with E-state index in [4.69, 9.17) is 25.5 Å². The van der Waals surface area contributed by atoms with Gasteiger partial charge in [-0.1, -0.05) is 27.5 Å². The lowest BCUT2D eigenvalue weighted by atomic mass is 10.2. The number of hydrogen-bond donors (Lipinski definition) is 2. The molecule has 184 valence electrons. The Morgan fingerprint density at radius 3 is 2.67 bits per heavy atom. The summed E-state index contributed by atoms with van der Waals surface area (Å²) < 4.78 is 30.3. The summed E-state index contributed by atoms with van der Waals surface area (Å²) in [6, 6.07) is 15.5. The summed E-state index contributed by atoms with van der Waals surface area (Å²) in [6.07, 6.45) is 1.37. The molecule has 2 N–H and O–H groups in total. The molecule has 0 atom stereocenters. The zero-order chi connectivity index (χ0) is 25.7. The maximum absolute atomic E-state index is 13.0. The molecule has 0 fully saturated rings. The van der Waals surface area contributed by atoms with Crippen molar-refractivity contribution in [2.75, 3.05) is 19.0 Å². The summed E-state index contributed by atoms with van der Waals surface area (Å²) in [5, 5.41) is 7.47. The highest BCUT2D eigenvalue weighted by atomic mass is 79.9. The van der Waals surface area contributed by atoms with Gasteiger partial charge in [0.1, 0.15) is 11.4 Å². The van der Waals surface area contributed by atoms with Crippen molar-refractivity contribution >= 4 is 62.2 Å². The average molecular weight is 575 g/mol. The number of methoxy groups -OCH3 is 1. The van der Waals surface area contributed by atoms with E-state index in [0.717, 1.165) is 9.86 Å². The highest BCUT2D eigenvalue weighted by molar-refractivity contribution is 9.10. The van der Waals surface area contributed by atoms with E-state index in [9.17, 15) is 14.0 Å². The topological polar surface area (TPSA) is 102 Å². The summed E-state index contributed by atoms with van der Waals surface area (Å²) in [7, 11) is 1.42. The zero-order valence-electron chi connectivity index (χ0n) is 18.7. The van der Waals surface area contributed by atoms with Gasteiger partial charge in [0.05, 0.1) is 18.3 Å². The molecular formula is C25H18BrClFN3O5. The Hall–Kier alpha value is -3.89. The Morgan fingerprint density at radius 2 is 1.92 bits per heavy atom. The van der Waals surface area contributed by atoms with Gasteiger partial charge in [-0.3, -0.25) is 9.59 Å². The highest BCUT2D eigenvalue weighted by Crippen LogP contribution is 2.36. The molecule has 36 heavy (non-hydrogen) atoms. The number of fused-ring (bicyclic) bond motifs is 1. The average Bonchev–Trinajstić information content (AvgIpc) is 3.28. The minimum Gasteiger partial charge on any atom is -0.493 e. The number of anilines is 1. The fraction of sp³-hybridized carbons (Fsp3) is 0.0800. The predicted molar refractivity (Wildman–Crippen MR) is 138 cm³/mol. The molecule has 8 nitrogen and oxygen atoms in total. The number of furan rings is 1. The second-order valence-electron chi connectivity index (χ2n) is 7.37. The molecule has 0 spiro atoms. The first kappa shape index (κ1) is 25.2. The lowest BCUT2D eigenvalue weighted by Crippen LogP contribution is -2.20. The lowest BCUT2D eigenvalue weighted by molar-refractivity contribution is -0.118. The van der Waals surface area contributed by atoms with Crippen LogP contribution in [0.1, 0.15) is 16.1 Å². The van der Waals surface area contributed by atoms with Crippen molar-refractivity contribution in [2.24, 2.45) is 5.10 Å². The summed E-state index contributed by atoms with van der Waals surface area (Å²) in [5.41, 5.74) is 3.90. The Morgan fingerprint density at radius 1 is 1.14 bits per heavy atom. The Bertz CT molecular complexity index is 1460. The number of rotatable bonds is 8. The first-order valence-corrected chi connectivity index (χ1v) is 11.6. The SMILES string of the molecule is COc1cc(/C=N/NC(=O)c2cc3cc(Br)ccc3o2)cc(Cl)c1OCC(=O)Nc1ccc(F)cc1. The van der Waals surface area contributed by atoms with Gasteiger partial charge in [-0.15, -0.1) is 0 Å². The lowest BCUT2D eigenvalue weighted by Gasteiger charge is -2.13. The smallest absolute Gasteiger partial charge is 0.307 e. The molecule has 4 aromatic rings. The maximum atomic E-state index is 13.0. The van der Waals surface area contributed by atoms with Gasteiger partial charge in [-0.2, -0.15) is 5.10 Å². The third-order valence-corrected chi connectivity index (χ3v) is 5.58. The summed E-state index contributed by atoms with van der Waals surface area (Å²) in [4.78, 5) is 24.5. The van der Waals surface area contributed by atoms with E-state index in [1.807, 2.05) is 12.1 Å². The van der Waals surface area contributed by atoms with Crippen molar-refractivity contribution in [2.45, 2.75) is 0 Å². The van der Waals surface area contributed by atoms with Gasteiger partial charge in [0.2, 0.25) is 0 Å². The number of nitrogens with one attached hydrogen (secondary N) is 2. The standard InChI is InChI=1S/C25H18BrClFN3O5/c1-34-21-9-14(12-29-31-25(33)22-11-15-10-16(26)2-7-20(15)36-22)8-19(27)24(21)35-13-23(32)30-18-5-3-17(28)4-6-18/h2-12H,13H2,1H3,(H,30,32)(H,31,33)/b29-12+. The van der Waals surface area contributed by atoms with Gasteiger partial charge in [0.25, 0.3) is 5.91 Å². The van der Waals surface area contributed by atoms with E-state index in [-0.39, 0.29) is 28.9 Å². The molecule has 0 aliphatic carbocycles. The summed E-state index contributed by atoms with van der Waals surface area (Å²) >= 11 is 9.70. The van der Waals surface area contributed by atoms with E-state index >= 15 is 0 Å². The van der Waals surface area contributed by atoms with Crippen molar-refractivity contribution in [1.29, 1.82) is 0 Å². The Balaban J connectivity index is 1.38. The van der Waals surface area contributed by atoms with Crippen molar-refractivity contribution in [3.8, 4) is 11.5 Å². The molecule has 0 saturated heterocycles. The van der Waals surface area contributed by atoms with Gasteiger partial charge in [-0.05, 0) is 66.2 Å². The molecule has 0 aliphatic heterocycles. The van der Waals surface area contributed by atoms with Gasteiger partial charge >= 0.3 is 5.91 Å². The third kappa shape index (κ3) is 6.21. The van der Waals surface area contributed by atoms with Crippen LogP contribution in [-0.4, -0.2) is 31.7 Å². The quantitative estimate of drug-likeness (QED) is 0.205. The van der Waals surface area contributed by atoms with Crippen LogP contribution < -0.4 is 20.2 Å². The number of nitrogens with zero attached hydrogens (tertiary/aromatic N) is 1. The van der Waals surface area contributed by atoms with Crippen molar-refractivity contribution in [3.63, 3.8) is 0 Å². The number of halogens is 3. The molecule has 1 heterocycles. The van der Waals surface area contributed by atoms with Gasteiger partial charge in [-0.25, -0.2) is 9.82 Å². The van der Waals surface area contributed by atoms with E-state index in [1.165, 1.54) is 43.7 Å². The van der Waals surface area contributed by atoms with Crippen molar-refractivity contribution in [1.82, 2.24) is 5.43 Å². The van der Waals surface area contributed by atoms with E-state index in [2.05, 4.69) is 31.8 Å². The molecule has 2 amide bonds. The molecule has 0 unspecified atom stereocenters. The molecule has 1 aromatic heterocycles. The van der Waals surface area contributed by atoms with Gasteiger partial charge < -0.3 is 19.2 Å². The van der Waals surface area contributed by atoms with Crippen LogP contribution in [-0.2, 0) is 4.79 Å². The van der Waals surface area contributed by atoms with E-state index < -0.39 is 17.6 Å². The van der Waals surface area contributed by atoms with Crippen LogP contribution in [0.5, 0.6) is 11.5 Å². The molecule has 0 aliphatic rings. The summed E-state index contributed by atoms with van der Waals surface area (Å²) in [6.45, 7) is -0.356. The number of hydrazone groups is 1. The van der Waals surface area contributed by atoms with Crippen LogP contribution >= 0.6 is 27.5 Å². The second-order valence-corrected chi connectivity index (χ2v) is 8.69. The second kappa shape index (κ2) is 11.2. The van der Waals surface area contributed by atoms with Crippen LogP contribution in [0.15, 0.2) is 74.7 Å². The fourth-order valence-corrected chi connectivity index (χ4v) is 3.82. The maximum Gasteiger partial charge on any atom is 0.307 e. The van der Waals surface area contributed by atoms with E-state index in [1.54, 1.807) is 18.2 Å². The molecule has 11 heteroatoms. The first-order valence-electron chi connectivity index (χ1n) is 10.4. The molecule has 0 saturated carbocycles. The number of hydrogen-bond acceptors (Lipinski definition) is 6. The summed E-state index contributed by atoms with van der Waals surface area (Å²) in [5.74, 6) is -0.879. The number of amides is 2. The molecule has 3 aromatic carbocycles. The molecule has 0 radical (unpaired) electrons. The fourth-order valence-electron chi connectivity index (χ4n) is 3.17. The third-order valence-electron chi connectivity index (χ3n) is 4.81. The zero-order valence-corrected chi connectivity index (χ0v) is 21.0. The Labute approximate surface area is 218 Å². The van der Waals surface area contributed by atoms with Crippen LogP contribution in [0.2, 0.25) is 5.02 Å². The molecular weight excluding hydrogens is 557 g/mol. The number of benzene rings is 3. The van der Waals surface area contributed by atoms with Gasteiger partial charge in [0.15, 0.2) is 23.9 Å². The number of ether oxygens (including phenoxy) is 2. The molecule has 0 bridgehead atoms. The van der Waals surface area contributed by atoms with Gasteiger partial charge in [0, 0.05) is 15.5 Å². The van der Waals surface area contributed by atoms with E-state index in [0.29, 0.717) is 16.8 Å². The largest absolute Gasteiger partial charge is 0.493 e. The minimum atomic E-state index is -0.524.